The van der Waals surface area contributed by atoms with E-state index in [2.05, 4.69) is 40.2 Å². The van der Waals surface area contributed by atoms with E-state index in [4.69, 9.17) is 5.73 Å². The monoisotopic (exact) mass is 339 g/mol. The molecule has 0 spiro atoms. The van der Waals surface area contributed by atoms with Crippen LogP contribution in [-0.4, -0.2) is 28.3 Å². The fourth-order valence-electron chi connectivity index (χ4n) is 4.56. The van der Waals surface area contributed by atoms with Crippen LogP contribution >= 0.6 is 0 Å². The van der Waals surface area contributed by atoms with Gasteiger partial charge in [0, 0.05) is 36.7 Å². The van der Waals surface area contributed by atoms with Gasteiger partial charge in [-0.05, 0) is 31.1 Å². The summed E-state index contributed by atoms with van der Waals surface area (Å²) in [4.78, 5) is 12.2. The number of aromatic nitrogens is 2. The van der Waals surface area contributed by atoms with Crippen molar-refractivity contribution in [2.24, 2.45) is 24.6 Å². The molecule has 1 aromatic carbocycles. The molecule has 1 saturated heterocycles. The first-order valence-electron chi connectivity index (χ1n) is 9.01. The number of amides is 1. The van der Waals surface area contributed by atoms with Crippen molar-refractivity contribution in [1.29, 1.82) is 0 Å². The van der Waals surface area contributed by atoms with Gasteiger partial charge in [-0.15, -0.1) is 0 Å². The van der Waals surface area contributed by atoms with Crippen molar-refractivity contribution in [1.82, 2.24) is 20.6 Å². The van der Waals surface area contributed by atoms with Crippen LogP contribution in [0.1, 0.15) is 30.7 Å². The van der Waals surface area contributed by atoms with Gasteiger partial charge < -0.3 is 5.73 Å². The summed E-state index contributed by atoms with van der Waals surface area (Å²) in [5, 5.41) is 4.52. The number of hydrogen-bond acceptors (Lipinski definition) is 4. The molecule has 0 bridgehead atoms. The van der Waals surface area contributed by atoms with Gasteiger partial charge in [-0.3, -0.25) is 14.9 Å². The Morgan fingerprint density at radius 2 is 2.08 bits per heavy atom. The molecule has 1 amide bonds. The number of rotatable bonds is 3. The molecule has 4 unspecified atom stereocenters. The third kappa shape index (κ3) is 2.85. The third-order valence-corrected chi connectivity index (χ3v) is 5.84. The summed E-state index contributed by atoms with van der Waals surface area (Å²) < 4.78 is 1.96. The Labute approximate surface area is 147 Å². The van der Waals surface area contributed by atoms with E-state index in [-0.39, 0.29) is 23.8 Å². The second-order valence-electron chi connectivity index (χ2n) is 7.19. The number of nitrogens with zero attached hydrogens (tertiary/aromatic N) is 2. The summed E-state index contributed by atoms with van der Waals surface area (Å²) in [6, 6.07) is 10.5. The largest absolute Gasteiger partial charge is 0.329 e. The topological polar surface area (TPSA) is 85.0 Å². The Balaban J connectivity index is 1.65. The second-order valence-corrected chi connectivity index (χ2v) is 7.19. The lowest BCUT2D eigenvalue weighted by molar-refractivity contribution is -0.133. The van der Waals surface area contributed by atoms with Gasteiger partial charge in [0.15, 0.2) is 0 Å². The lowest BCUT2D eigenvalue weighted by Crippen LogP contribution is -2.62. The van der Waals surface area contributed by atoms with Gasteiger partial charge in [0.25, 0.3) is 0 Å². The highest BCUT2D eigenvalue weighted by atomic mass is 16.2. The maximum Gasteiger partial charge on any atom is 0.237 e. The van der Waals surface area contributed by atoms with Crippen LogP contribution in [0.2, 0.25) is 0 Å². The van der Waals surface area contributed by atoms with Crippen molar-refractivity contribution in [3.05, 3.63) is 42.1 Å². The van der Waals surface area contributed by atoms with Gasteiger partial charge in [0.1, 0.15) is 0 Å². The standard InChI is InChI=1S/C19H25N5O/c1-24-18(12-5-3-2-4-6-12)16(11-21-24)13-7-8-14-15(9-13)17(10-20)22-23-19(14)25/h2-6,11,13-15,17,22H,7-10,20H2,1H3,(H,23,25). The van der Waals surface area contributed by atoms with E-state index in [0.29, 0.717) is 12.5 Å². The molecule has 2 aliphatic rings. The summed E-state index contributed by atoms with van der Waals surface area (Å²) >= 11 is 0. The van der Waals surface area contributed by atoms with Crippen LogP contribution in [0.3, 0.4) is 0 Å². The van der Waals surface area contributed by atoms with Crippen LogP contribution in [0.5, 0.6) is 0 Å². The first-order valence-corrected chi connectivity index (χ1v) is 9.01. The van der Waals surface area contributed by atoms with Crippen molar-refractivity contribution >= 4 is 5.91 Å². The molecule has 1 saturated carbocycles. The van der Waals surface area contributed by atoms with Gasteiger partial charge in [0.05, 0.1) is 11.9 Å². The molecule has 25 heavy (non-hydrogen) atoms. The van der Waals surface area contributed by atoms with Crippen LogP contribution in [0.4, 0.5) is 0 Å². The maximum absolute atomic E-state index is 12.2. The van der Waals surface area contributed by atoms with Crippen molar-refractivity contribution in [2.45, 2.75) is 31.2 Å². The number of nitrogens with one attached hydrogen (secondary N) is 2. The minimum Gasteiger partial charge on any atom is -0.329 e. The Kier molecular flexibility index (Phi) is 4.31. The van der Waals surface area contributed by atoms with Gasteiger partial charge in [-0.2, -0.15) is 5.10 Å². The normalized spacial score (nSPS) is 29.1. The summed E-state index contributed by atoms with van der Waals surface area (Å²) in [6.07, 6.45) is 4.89. The maximum atomic E-state index is 12.2. The lowest BCUT2D eigenvalue weighted by atomic mass is 9.68. The highest BCUT2D eigenvalue weighted by Gasteiger charge is 2.43. The molecule has 2 heterocycles. The molecule has 4 rings (SSSR count). The van der Waals surface area contributed by atoms with Crippen LogP contribution < -0.4 is 16.6 Å². The zero-order valence-electron chi connectivity index (χ0n) is 14.5. The second kappa shape index (κ2) is 6.61. The average Bonchev–Trinajstić information content (AvgIpc) is 3.04. The molecule has 4 N–H and O–H groups in total. The molecule has 0 radical (unpaired) electrons. The molecule has 132 valence electrons. The van der Waals surface area contributed by atoms with Crippen LogP contribution in [0.15, 0.2) is 36.5 Å². The average molecular weight is 339 g/mol. The number of hydrogen-bond donors (Lipinski definition) is 3. The fourth-order valence-corrected chi connectivity index (χ4v) is 4.56. The molecule has 6 heteroatoms. The van der Waals surface area contributed by atoms with Gasteiger partial charge >= 0.3 is 0 Å². The molecule has 1 aliphatic carbocycles. The lowest BCUT2D eigenvalue weighted by Gasteiger charge is -2.43. The molecule has 1 aliphatic heterocycles. The van der Waals surface area contributed by atoms with Crippen molar-refractivity contribution in [3.8, 4) is 11.3 Å². The predicted octanol–water partition coefficient (Wildman–Crippen LogP) is 1.55. The Morgan fingerprint density at radius 3 is 2.84 bits per heavy atom. The van der Waals surface area contributed by atoms with E-state index in [0.717, 1.165) is 19.3 Å². The number of hydrazine groups is 1. The minimum absolute atomic E-state index is 0.0721. The Hall–Kier alpha value is -2.18. The van der Waals surface area contributed by atoms with Crippen molar-refractivity contribution in [2.75, 3.05) is 6.54 Å². The van der Waals surface area contributed by atoms with Gasteiger partial charge in [-0.1, -0.05) is 30.3 Å². The van der Waals surface area contributed by atoms with Crippen LogP contribution in [-0.2, 0) is 11.8 Å². The number of benzene rings is 1. The zero-order chi connectivity index (χ0) is 17.4. The summed E-state index contributed by atoms with van der Waals surface area (Å²) in [5.74, 6) is 0.874. The number of carbonyl (C=O) groups excluding carboxylic acids is 1. The van der Waals surface area contributed by atoms with E-state index in [9.17, 15) is 4.79 Å². The van der Waals surface area contributed by atoms with E-state index in [1.54, 1.807) is 0 Å². The van der Waals surface area contributed by atoms with E-state index in [1.807, 2.05) is 24.0 Å². The SMILES string of the molecule is Cn1ncc(C2CCC3C(=O)NNC(CN)C3C2)c1-c1ccccc1. The quantitative estimate of drug-likeness (QED) is 0.792. The Bertz CT molecular complexity index is 756. The zero-order valence-corrected chi connectivity index (χ0v) is 14.5. The van der Waals surface area contributed by atoms with Crippen molar-refractivity contribution < 1.29 is 4.79 Å². The first kappa shape index (κ1) is 16.3. The number of fused-ring (bicyclic) bond motifs is 1. The highest BCUT2D eigenvalue weighted by molar-refractivity contribution is 5.79. The smallest absolute Gasteiger partial charge is 0.237 e. The number of aryl methyl sites for hydroxylation is 1. The van der Waals surface area contributed by atoms with Crippen molar-refractivity contribution in [3.63, 3.8) is 0 Å². The summed E-state index contributed by atoms with van der Waals surface area (Å²) in [7, 11) is 2.00. The number of carbonyl (C=O) groups is 1. The van der Waals surface area contributed by atoms with Gasteiger partial charge in [0.2, 0.25) is 5.91 Å². The summed E-state index contributed by atoms with van der Waals surface area (Å²) in [6.45, 7) is 0.534. The van der Waals surface area contributed by atoms with Crippen LogP contribution in [0, 0.1) is 11.8 Å². The molecule has 4 atom stereocenters. The van der Waals surface area contributed by atoms with E-state index >= 15 is 0 Å². The third-order valence-electron chi connectivity index (χ3n) is 5.84. The highest BCUT2D eigenvalue weighted by Crippen LogP contribution is 2.44. The summed E-state index contributed by atoms with van der Waals surface area (Å²) in [5.41, 5.74) is 15.5. The molecule has 2 aromatic rings. The van der Waals surface area contributed by atoms with E-state index in [1.165, 1.54) is 16.8 Å². The first-order chi connectivity index (χ1) is 12.2. The predicted molar refractivity (Wildman–Crippen MR) is 96.3 cm³/mol. The molecular weight excluding hydrogens is 314 g/mol. The molecule has 1 aromatic heterocycles. The molecular formula is C19H25N5O. The molecule has 2 fully saturated rings. The van der Waals surface area contributed by atoms with E-state index < -0.39 is 0 Å². The van der Waals surface area contributed by atoms with Crippen LogP contribution in [0.25, 0.3) is 11.3 Å². The fraction of sp³-hybridized carbons (Fsp3) is 0.474. The minimum atomic E-state index is 0.0721. The number of nitrogens with two attached hydrogens (primary N) is 1. The van der Waals surface area contributed by atoms with Gasteiger partial charge in [-0.25, -0.2) is 5.43 Å². The molecule has 6 nitrogen and oxygen atoms in total. The Morgan fingerprint density at radius 1 is 1.28 bits per heavy atom.